The van der Waals surface area contributed by atoms with Crippen molar-refractivity contribution in [3.8, 4) is 0 Å². The molecule has 0 N–H and O–H groups in total. The SMILES string of the molecule is CC(=O)C(C)Cc1nn(C)c2ccccc12. The zero-order valence-electron chi connectivity index (χ0n) is 9.90. The molecule has 3 heteroatoms. The van der Waals surface area contributed by atoms with Crippen molar-refractivity contribution in [1.29, 1.82) is 0 Å². The van der Waals surface area contributed by atoms with Gasteiger partial charge in [-0.25, -0.2) is 0 Å². The molecule has 1 unspecified atom stereocenters. The predicted octanol–water partition coefficient (Wildman–Crippen LogP) is 2.34. The first-order valence-electron chi connectivity index (χ1n) is 5.50. The van der Waals surface area contributed by atoms with Gasteiger partial charge in [-0.3, -0.25) is 9.48 Å². The number of aromatic nitrogens is 2. The van der Waals surface area contributed by atoms with Crippen molar-refractivity contribution >= 4 is 16.7 Å². The number of Topliss-reactive ketones (excluding diaryl/α,β-unsaturated/α-hetero) is 1. The third-order valence-electron chi connectivity index (χ3n) is 3.03. The first kappa shape index (κ1) is 10.9. The Balaban J connectivity index is 2.42. The molecule has 2 rings (SSSR count). The van der Waals surface area contributed by atoms with Gasteiger partial charge in [-0.05, 0) is 13.0 Å². The fourth-order valence-corrected chi connectivity index (χ4v) is 1.87. The molecule has 16 heavy (non-hydrogen) atoms. The molecule has 1 heterocycles. The summed E-state index contributed by atoms with van der Waals surface area (Å²) in [7, 11) is 1.93. The van der Waals surface area contributed by atoms with E-state index in [-0.39, 0.29) is 11.7 Å². The number of rotatable bonds is 3. The quantitative estimate of drug-likeness (QED) is 0.789. The Bertz CT molecular complexity index is 528. The summed E-state index contributed by atoms with van der Waals surface area (Å²) in [5.74, 6) is 0.257. The van der Waals surface area contributed by atoms with Crippen LogP contribution in [0.5, 0.6) is 0 Å². The molecule has 0 amide bonds. The maximum absolute atomic E-state index is 11.3. The Morgan fingerprint density at radius 1 is 1.44 bits per heavy atom. The van der Waals surface area contributed by atoms with Crippen LogP contribution in [0, 0.1) is 5.92 Å². The highest BCUT2D eigenvalue weighted by Crippen LogP contribution is 2.20. The molecule has 0 aliphatic rings. The van der Waals surface area contributed by atoms with Crippen LogP contribution < -0.4 is 0 Å². The summed E-state index contributed by atoms with van der Waals surface area (Å²) >= 11 is 0. The van der Waals surface area contributed by atoms with Crippen molar-refractivity contribution in [2.75, 3.05) is 0 Å². The maximum atomic E-state index is 11.3. The van der Waals surface area contributed by atoms with E-state index in [1.54, 1.807) is 6.92 Å². The lowest BCUT2D eigenvalue weighted by atomic mass is 10.00. The molecular weight excluding hydrogens is 200 g/mol. The van der Waals surface area contributed by atoms with Crippen LogP contribution in [0.1, 0.15) is 19.5 Å². The van der Waals surface area contributed by atoms with E-state index >= 15 is 0 Å². The van der Waals surface area contributed by atoms with Crippen LogP contribution in [0.15, 0.2) is 24.3 Å². The molecule has 0 bridgehead atoms. The lowest BCUT2D eigenvalue weighted by Gasteiger charge is -2.04. The Hall–Kier alpha value is -1.64. The van der Waals surface area contributed by atoms with Crippen molar-refractivity contribution in [3.63, 3.8) is 0 Å². The van der Waals surface area contributed by atoms with E-state index in [9.17, 15) is 4.79 Å². The normalized spacial score (nSPS) is 12.9. The third-order valence-corrected chi connectivity index (χ3v) is 3.03. The van der Waals surface area contributed by atoms with Gasteiger partial charge in [0.1, 0.15) is 5.78 Å². The fraction of sp³-hybridized carbons (Fsp3) is 0.385. The third kappa shape index (κ3) is 1.85. The lowest BCUT2D eigenvalue weighted by Crippen LogP contribution is -2.10. The Kier molecular flexibility index (Phi) is 2.77. The second-order valence-electron chi connectivity index (χ2n) is 4.30. The van der Waals surface area contributed by atoms with E-state index in [0.717, 1.165) is 23.0 Å². The average Bonchev–Trinajstić information content (AvgIpc) is 2.57. The summed E-state index contributed by atoms with van der Waals surface area (Å²) in [5, 5.41) is 5.63. The number of carbonyl (C=O) groups is 1. The number of aryl methyl sites for hydroxylation is 1. The van der Waals surface area contributed by atoms with Crippen molar-refractivity contribution in [3.05, 3.63) is 30.0 Å². The van der Waals surface area contributed by atoms with Crippen LogP contribution in [0.25, 0.3) is 10.9 Å². The number of hydrogen-bond donors (Lipinski definition) is 0. The number of benzene rings is 1. The first-order valence-corrected chi connectivity index (χ1v) is 5.50. The number of para-hydroxylation sites is 1. The molecule has 1 aromatic carbocycles. The van der Waals surface area contributed by atoms with Crippen molar-refractivity contribution in [2.45, 2.75) is 20.3 Å². The molecular formula is C13H16N2O. The van der Waals surface area contributed by atoms with Gasteiger partial charge in [0, 0.05) is 24.8 Å². The van der Waals surface area contributed by atoms with Gasteiger partial charge in [0.05, 0.1) is 11.2 Å². The van der Waals surface area contributed by atoms with E-state index in [1.165, 1.54) is 0 Å². The van der Waals surface area contributed by atoms with Crippen molar-refractivity contribution < 1.29 is 4.79 Å². The first-order chi connectivity index (χ1) is 7.59. The van der Waals surface area contributed by atoms with Gasteiger partial charge in [-0.1, -0.05) is 25.1 Å². The summed E-state index contributed by atoms with van der Waals surface area (Å²) < 4.78 is 1.87. The highest BCUT2D eigenvalue weighted by atomic mass is 16.1. The Morgan fingerprint density at radius 3 is 2.81 bits per heavy atom. The molecule has 0 spiro atoms. The summed E-state index contributed by atoms with van der Waals surface area (Å²) in [6, 6.07) is 8.11. The standard InChI is InChI=1S/C13H16N2O/c1-9(10(2)16)8-12-11-6-4-5-7-13(11)15(3)14-12/h4-7,9H,8H2,1-3H3. The minimum absolute atomic E-state index is 0.0401. The highest BCUT2D eigenvalue weighted by molar-refractivity contribution is 5.83. The second-order valence-corrected chi connectivity index (χ2v) is 4.30. The minimum atomic E-state index is 0.0401. The van der Waals surface area contributed by atoms with Crippen LogP contribution in [-0.2, 0) is 18.3 Å². The zero-order chi connectivity index (χ0) is 11.7. The van der Waals surface area contributed by atoms with Crippen LogP contribution in [-0.4, -0.2) is 15.6 Å². The molecule has 0 saturated heterocycles. The molecule has 0 aliphatic heterocycles. The summed E-state index contributed by atoms with van der Waals surface area (Å²) in [6.07, 6.45) is 0.719. The van der Waals surface area contributed by atoms with Crippen molar-refractivity contribution in [2.24, 2.45) is 13.0 Å². The topological polar surface area (TPSA) is 34.9 Å². The predicted molar refractivity (Wildman–Crippen MR) is 64.3 cm³/mol. The summed E-state index contributed by atoms with van der Waals surface area (Å²) in [4.78, 5) is 11.3. The number of ketones is 1. The van der Waals surface area contributed by atoms with E-state index in [2.05, 4.69) is 11.2 Å². The van der Waals surface area contributed by atoms with Crippen LogP contribution in [0.3, 0.4) is 0 Å². The van der Waals surface area contributed by atoms with E-state index in [1.807, 2.05) is 36.9 Å². The number of fused-ring (bicyclic) bond motifs is 1. The van der Waals surface area contributed by atoms with E-state index in [0.29, 0.717) is 0 Å². The summed E-state index contributed by atoms with van der Waals surface area (Å²) in [6.45, 7) is 3.58. The van der Waals surface area contributed by atoms with Crippen LogP contribution >= 0.6 is 0 Å². The van der Waals surface area contributed by atoms with Gasteiger partial charge >= 0.3 is 0 Å². The van der Waals surface area contributed by atoms with E-state index in [4.69, 9.17) is 0 Å². The second kappa shape index (κ2) is 4.08. The van der Waals surface area contributed by atoms with Gasteiger partial charge < -0.3 is 0 Å². The van der Waals surface area contributed by atoms with Gasteiger partial charge in [0.15, 0.2) is 0 Å². The molecule has 0 radical (unpaired) electrons. The van der Waals surface area contributed by atoms with Gasteiger partial charge in [-0.15, -0.1) is 0 Å². The highest BCUT2D eigenvalue weighted by Gasteiger charge is 2.14. The smallest absolute Gasteiger partial charge is 0.133 e. The molecule has 0 fully saturated rings. The molecule has 0 saturated carbocycles. The molecule has 1 aromatic heterocycles. The molecule has 1 atom stereocenters. The Labute approximate surface area is 95.1 Å². The number of carbonyl (C=O) groups excluding carboxylic acids is 1. The minimum Gasteiger partial charge on any atom is -0.300 e. The van der Waals surface area contributed by atoms with E-state index < -0.39 is 0 Å². The van der Waals surface area contributed by atoms with Gasteiger partial charge in [0.2, 0.25) is 0 Å². The number of nitrogens with zero attached hydrogens (tertiary/aromatic N) is 2. The molecule has 0 aliphatic carbocycles. The van der Waals surface area contributed by atoms with Gasteiger partial charge in [-0.2, -0.15) is 5.10 Å². The lowest BCUT2D eigenvalue weighted by molar-refractivity contribution is -0.120. The largest absolute Gasteiger partial charge is 0.300 e. The molecule has 84 valence electrons. The number of hydrogen-bond acceptors (Lipinski definition) is 2. The monoisotopic (exact) mass is 216 g/mol. The molecule has 2 aromatic rings. The van der Waals surface area contributed by atoms with Crippen molar-refractivity contribution in [1.82, 2.24) is 9.78 Å². The maximum Gasteiger partial charge on any atom is 0.133 e. The molecule has 3 nitrogen and oxygen atoms in total. The zero-order valence-corrected chi connectivity index (χ0v) is 9.90. The van der Waals surface area contributed by atoms with Crippen LogP contribution in [0.4, 0.5) is 0 Å². The average molecular weight is 216 g/mol. The Morgan fingerprint density at radius 2 is 2.12 bits per heavy atom. The van der Waals surface area contributed by atoms with Gasteiger partial charge in [0.25, 0.3) is 0 Å². The summed E-state index contributed by atoms with van der Waals surface area (Å²) in [5.41, 5.74) is 2.13. The fourth-order valence-electron chi connectivity index (χ4n) is 1.87. The van der Waals surface area contributed by atoms with Crippen LogP contribution in [0.2, 0.25) is 0 Å².